The molecule has 1 aromatic carbocycles. The van der Waals surface area contributed by atoms with Crippen LogP contribution in [0.25, 0.3) is 0 Å². The molecule has 0 aliphatic heterocycles. The Labute approximate surface area is 121 Å². The Hall–Kier alpha value is -1.15. The van der Waals surface area contributed by atoms with Gasteiger partial charge in [0.1, 0.15) is 5.82 Å². The molecule has 0 saturated heterocycles. The summed E-state index contributed by atoms with van der Waals surface area (Å²) >= 11 is 4.09. The predicted octanol–water partition coefficient (Wildman–Crippen LogP) is 3.40. The summed E-state index contributed by atoms with van der Waals surface area (Å²) in [7, 11) is 1.28. The Balaban J connectivity index is 2.91. The maximum atomic E-state index is 13.3. The lowest BCUT2D eigenvalue weighted by atomic mass is 10.2. The standard InChI is InChI=1S/C11H11BrFNO4S/c1-6(11(15)18-2)5-19-10-3-7(12)8(13)4-9(10)14(16)17/h3-4,6H,5H2,1-2H3. The number of methoxy groups -OCH3 is 1. The highest BCUT2D eigenvalue weighted by molar-refractivity contribution is 9.10. The molecule has 0 aromatic heterocycles. The van der Waals surface area contributed by atoms with E-state index >= 15 is 0 Å². The topological polar surface area (TPSA) is 69.4 Å². The molecule has 0 aliphatic carbocycles. The predicted molar refractivity (Wildman–Crippen MR) is 72.7 cm³/mol. The first-order valence-electron chi connectivity index (χ1n) is 5.20. The van der Waals surface area contributed by atoms with Crippen LogP contribution < -0.4 is 0 Å². The molecule has 104 valence electrons. The monoisotopic (exact) mass is 351 g/mol. The van der Waals surface area contributed by atoms with Gasteiger partial charge in [0.05, 0.1) is 33.4 Å². The van der Waals surface area contributed by atoms with Crippen molar-refractivity contribution in [2.45, 2.75) is 11.8 Å². The molecular formula is C11H11BrFNO4S. The minimum atomic E-state index is -0.697. The summed E-state index contributed by atoms with van der Waals surface area (Å²) in [5, 5.41) is 10.8. The first-order chi connectivity index (χ1) is 8.86. The number of hydrogen-bond acceptors (Lipinski definition) is 5. The van der Waals surface area contributed by atoms with E-state index in [-0.39, 0.29) is 10.2 Å². The van der Waals surface area contributed by atoms with Gasteiger partial charge in [-0.3, -0.25) is 14.9 Å². The first kappa shape index (κ1) is 15.9. The van der Waals surface area contributed by atoms with Crippen molar-refractivity contribution in [3.63, 3.8) is 0 Å². The molecule has 0 aliphatic rings. The molecule has 5 nitrogen and oxygen atoms in total. The minimum Gasteiger partial charge on any atom is -0.469 e. The smallest absolute Gasteiger partial charge is 0.309 e. The van der Waals surface area contributed by atoms with Gasteiger partial charge < -0.3 is 4.74 Å². The normalized spacial score (nSPS) is 12.0. The number of nitro benzene ring substituents is 1. The molecule has 0 fully saturated rings. The summed E-state index contributed by atoms with van der Waals surface area (Å²) < 4.78 is 18.0. The highest BCUT2D eigenvalue weighted by Gasteiger charge is 2.20. The summed E-state index contributed by atoms with van der Waals surface area (Å²) in [6, 6.07) is 2.19. The third kappa shape index (κ3) is 4.17. The summed E-state index contributed by atoms with van der Waals surface area (Å²) in [5.41, 5.74) is -0.317. The Morgan fingerprint density at radius 1 is 1.63 bits per heavy atom. The fraction of sp³-hybridized carbons (Fsp3) is 0.364. The van der Waals surface area contributed by atoms with Gasteiger partial charge in [-0.05, 0) is 22.0 Å². The number of halogens is 2. The van der Waals surface area contributed by atoms with Gasteiger partial charge in [-0.25, -0.2) is 4.39 Å². The van der Waals surface area contributed by atoms with E-state index in [4.69, 9.17) is 0 Å². The minimum absolute atomic E-state index is 0.145. The highest BCUT2D eigenvalue weighted by atomic mass is 79.9. The number of carbonyl (C=O) groups excluding carboxylic acids is 1. The molecule has 1 unspecified atom stereocenters. The fourth-order valence-corrected chi connectivity index (χ4v) is 2.80. The van der Waals surface area contributed by atoms with E-state index in [1.807, 2.05) is 0 Å². The number of esters is 1. The molecule has 1 aromatic rings. The zero-order chi connectivity index (χ0) is 14.6. The van der Waals surface area contributed by atoms with Gasteiger partial charge in [0.2, 0.25) is 0 Å². The van der Waals surface area contributed by atoms with Gasteiger partial charge in [-0.15, -0.1) is 11.8 Å². The average Bonchev–Trinajstić information content (AvgIpc) is 2.37. The van der Waals surface area contributed by atoms with E-state index in [1.165, 1.54) is 13.2 Å². The Morgan fingerprint density at radius 3 is 2.79 bits per heavy atom. The zero-order valence-corrected chi connectivity index (χ0v) is 12.6. The molecule has 1 atom stereocenters. The number of carbonyl (C=O) groups is 1. The van der Waals surface area contributed by atoms with Crippen molar-refractivity contribution in [3.8, 4) is 0 Å². The van der Waals surface area contributed by atoms with Crippen molar-refractivity contribution in [2.24, 2.45) is 5.92 Å². The van der Waals surface area contributed by atoms with Crippen LogP contribution in [-0.4, -0.2) is 23.8 Å². The first-order valence-corrected chi connectivity index (χ1v) is 6.98. The van der Waals surface area contributed by atoms with Crippen molar-refractivity contribution in [3.05, 3.63) is 32.5 Å². The lowest BCUT2D eigenvalue weighted by molar-refractivity contribution is -0.387. The molecular weight excluding hydrogens is 341 g/mol. The van der Waals surface area contributed by atoms with Gasteiger partial charge in [0, 0.05) is 5.75 Å². The van der Waals surface area contributed by atoms with Crippen LogP contribution in [0.1, 0.15) is 6.92 Å². The van der Waals surface area contributed by atoms with Crippen LogP contribution in [0, 0.1) is 21.8 Å². The number of nitrogens with zero attached hydrogens (tertiary/aromatic N) is 1. The number of hydrogen-bond donors (Lipinski definition) is 0. The van der Waals surface area contributed by atoms with Gasteiger partial charge in [-0.1, -0.05) is 6.92 Å². The maximum Gasteiger partial charge on any atom is 0.309 e. The van der Waals surface area contributed by atoms with Crippen LogP contribution in [0.15, 0.2) is 21.5 Å². The molecule has 0 bridgehead atoms. The van der Waals surface area contributed by atoms with Crippen LogP contribution in [0.3, 0.4) is 0 Å². The second kappa shape index (κ2) is 6.85. The van der Waals surface area contributed by atoms with E-state index in [9.17, 15) is 19.3 Å². The molecule has 0 amide bonds. The van der Waals surface area contributed by atoms with Crippen molar-refractivity contribution in [2.75, 3.05) is 12.9 Å². The lowest BCUT2D eigenvalue weighted by Crippen LogP contribution is -2.14. The van der Waals surface area contributed by atoms with E-state index in [2.05, 4.69) is 20.7 Å². The van der Waals surface area contributed by atoms with E-state index in [0.717, 1.165) is 17.8 Å². The average molecular weight is 352 g/mol. The van der Waals surface area contributed by atoms with E-state index in [1.54, 1.807) is 6.92 Å². The molecule has 0 spiro atoms. The number of thioether (sulfide) groups is 1. The van der Waals surface area contributed by atoms with Crippen molar-refractivity contribution >= 4 is 39.3 Å². The number of nitro groups is 1. The Kier molecular flexibility index (Phi) is 5.74. The van der Waals surface area contributed by atoms with E-state index < -0.39 is 22.6 Å². The zero-order valence-electron chi connectivity index (χ0n) is 10.2. The third-order valence-electron chi connectivity index (χ3n) is 2.29. The summed E-state index contributed by atoms with van der Waals surface area (Å²) in [5.74, 6) is -1.18. The number of ether oxygens (including phenoxy) is 1. The fourth-order valence-electron chi connectivity index (χ4n) is 1.26. The summed E-state index contributed by atoms with van der Waals surface area (Å²) in [4.78, 5) is 21.7. The van der Waals surface area contributed by atoms with Crippen LogP contribution >= 0.6 is 27.7 Å². The van der Waals surface area contributed by atoms with Crippen LogP contribution in [0.2, 0.25) is 0 Å². The molecule has 8 heteroatoms. The van der Waals surface area contributed by atoms with Gasteiger partial charge in [-0.2, -0.15) is 0 Å². The van der Waals surface area contributed by atoms with Gasteiger partial charge >= 0.3 is 5.97 Å². The Bertz CT molecular complexity index is 512. The number of benzene rings is 1. The quantitative estimate of drug-likeness (QED) is 0.352. The highest BCUT2D eigenvalue weighted by Crippen LogP contribution is 2.34. The molecule has 1 rings (SSSR count). The molecule has 0 N–H and O–H groups in total. The van der Waals surface area contributed by atoms with Crippen molar-refractivity contribution in [1.29, 1.82) is 0 Å². The van der Waals surface area contributed by atoms with Crippen LogP contribution in [0.4, 0.5) is 10.1 Å². The van der Waals surface area contributed by atoms with Crippen molar-refractivity contribution in [1.82, 2.24) is 0 Å². The van der Waals surface area contributed by atoms with Gasteiger partial charge in [0.15, 0.2) is 0 Å². The lowest BCUT2D eigenvalue weighted by Gasteiger charge is -2.09. The Morgan fingerprint density at radius 2 is 2.26 bits per heavy atom. The third-order valence-corrected chi connectivity index (χ3v) is 4.20. The second-order valence-electron chi connectivity index (χ2n) is 3.73. The largest absolute Gasteiger partial charge is 0.469 e. The molecule has 0 heterocycles. The number of rotatable bonds is 5. The van der Waals surface area contributed by atoms with Gasteiger partial charge in [0.25, 0.3) is 5.69 Å². The van der Waals surface area contributed by atoms with E-state index in [0.29, 0.717) is 10.6 Å². The summed E-state index contributed by atoms with van der Waals surface area (Å²) in [6.07, 6.45) is 0. The summed E-state index contributed by atoms with van der Waals surface area (Å²) in [6.45, 7) is 1.66. The van der Waals surface area contributed by atoms with Crippen LogP contribution in [0.5, 0.6) is 0 Å². The maximum absolute atomic E-state index is 13.3. The molecule has 19 heavy (non-hydrogen) atoms. The second-order valence-corrected chi connectivity index (χ2v) is 5.64. The van der Waals surface area contributed by atoms with Crippen molar-refractivity contribution < 1.29 is 18.8 Å². The SMILES string of the molecule is COC(=O)C(C)CSc1cc(Br)c(F)cc1[N+](=O)[O-]. The van der Waals surface area contributed by atoms with Crippen LogP contribution in [-0.2, 0) is 9.53 Å². The molecule has 0 saturated carbocycles. The molecule has 0 radical (unpaired) electrons.